The molecule has 1 aliphatic heterocycles. The number of ether oxygens (including phenoxy) is 1. The molecule has 1 atom stereocenters. The lowest BCUT2D eigenvalue weighted by Crippen LogP contribution is -2.02. The number of nitriles is 1. The molecule has 0 spiro atoms. The van der Waals surface area contributed by atoms with Crippen molar-refractivity contribution in [1.29, 1.82) is 5.26 Å². The fourth-order valence-electron chi connectivity index (χ4n) is 2.48. The Bertz CT molecular complexity index is 930. The van der Waals surface area contributed by atoms with Crippen LogP contribution in [0, 0.1) is 23.0 Å². The van der Waals surface area contributed by atoms with Crippen LogP contribution in [0.15, 0.2) is 35.2 Å². The molecule has 0 saturated heterocycles. The van der Waals surface area contributed by atoms with Gasteiger partial charge in [-0.3, -0.25) is 0 Å². The standard InChI is InChI=1S/C15H9F2NO4S/c16-8-3-9(17)5-10(4-8)22-13-1-2-14-15(11(13)6-18)12(19)7-23(14,20)21/h1-5,12,19H,7H2. The van der Waals surface area contributed by atoms with Crippen LogP contribution in [0.1, 0.15) is 17.2 Å². The highest BCUT2D eigenvalue weighted by Gasteiger charge is 2.37. The summed E-state index contributed by atoms with van der Waals surface area (Å²) < 4.78 is 55.4. The molecular weight excluding hydrogens is 328 g/mol. The highest BCUT2D eigenvalue weighted by molar-refractivity contribution is 7.91. The molecule has 0 fully saturated rings. The van der Waals surface area contributed by atoms with E-state index in [1.165, 1.54) is 12.1 Å². The molecule has 1 heterocycles. The van der Waals surface area contributed by atoms with Crippen LogP contribution in [0.4, 0.5) is 8.78 Å². The second kappa shape index (κ2) is 5.30. The van der Waals surface area contributed by atoms with Crippen molar-refractivity contribution in [2.24, 2.45) is 0 Å². The van der Waals surface area contributed by atoms with Crippen LogP contribution in [0.5, 0.6) is 11.5 Å². The maximum atomic E-state index is 13.2. The minimum Gasteiger partial charge on any atom is -0.456 e. The van der Waals surface area contributed by atoms with Crippen LogP contribution in [0.25, 0.3) is 0 Å². The van der Waals surface area contributed by atoms with Gasteiger partial charge in [-0.1, -0.05) is 0 Å². The van der Waals surface area contributed by atoms with Crippen molar-refractivity contribution in [1.82, 2.24) is 0 Å². The van der Waals surface area contributed by atoms with E-state index in [0.29, 0.717) is 6.07 Å². The average Bonchev–Trinajstić information content (AvgIpc) is 2.67. The van der Waals surface area contributed by atoms with E-state index < -0.39 is 33.3 Å². The normalized spacial score (nSPS) is 18.3. The SMILES string of the molecule is N#Cc1c(Oc2cc(F)cc(F)c2)ccc2c1C(O)CS2(=O)=O. The van der Waals surface area contributed by atoms with E-state index >= 15 is 0 Å². The number of aliphatic hydroxyl groups is 1. The van der Waals surface area contributed by atoms with Crippen LogP contribution < -0.4 is 4.74 Å². The molecule has 5 nitrogen and oxygen atoms in total. The van der Waals surface area contributed by atoms with Crippen LogP contribution in [0.3, 0.4) is 0 Å². The summed E-state index contributed by atoms with van der Waals surface area (Å²) in [6.45, 7) is 0. The van der Waals surface area contributed by atoms with E-state index in [-0.39, 0.29) is 27.5 Å². The topological polar surface area (TPSA) is 87.4 Å². The molecule has 0 amide bonds. The Balaban J connectivity index is 2.12. The summed E-state index contributed by atoms with van der Waals surface area (Å²) in [5.74, 6) is -2.51. The molecule has 1 aliphatic rings. The Morgan fingerprint density at radius 1 is 1.22 bits per heavy atom. The van der Waals surface area contributed by atoms with Gasteiger partial charge in [0.25, 0.3) is 0 Å². The van der Waals surface area contributed by atoms with Gasteiger partial charge in [0.2, 0.25) is 0 Å². The van der Waals surface area contributed by atoms with Crippen molar-refractivity contribution in [3.8, 4) is 17.6 Å². The number of halogens is 2. The molecule has 0 aliphatic carbocycles. The van der Waals surface area contributed by atoms with Gasteiger partial charge in [0, 0.05) is 23.8 Å². The summed E-state index contributed by atoms with van der Waals surface area (Å²) in [6.07, 6.45) is -1.35. The lowest BCUT2D eigenvalue weighted by molar-refractivity contribution is 0.203. The van der Waals surface area contributed by atoms with Gasteiger partial charge in [-0.05, 0) is 12.1 Å². The first-order valence-corrected chi connectivity index (χ1v) is 8.09. The van der Waals surface area contributed by atoms with Crippen molar-refractivity contribution < 1.29 is 27.0 Å². The zero-order valence-corrected chi connectivity index (χ0v) is 12.3. The maximum absolute atomic E-state index is 13.2. The van der Waals surface area contributed by atoms with Crippen molar-refractivity contribution in [3.63, 3.8) is 0 Å². The van der Waals surface area contributed by atoms with Gasteiger partial charge >= 0.3 is 0 Å². The highest BCUT2D eigenvalue weighted by atomic mass is 32.2. The minimum absolute atomic E-state index is 0.0538. The summed E-state index contributed by atoms with van der Waals surface area (Å²) in [4.78, 5) is -0.140. The Kier molecular flexibility index (Phi) is 3.55. The molecular formula is C15H9F2NO4S. The number of sulfone groups is 1. The van der Waals surface area contributed by atoms with Gasteiger partial charge in [-0.15, -0.1) is 0 Å². The third kappa shape index (κ3) is 2.65. The Morgan fingerprint density at radius 2 is 1.87 bits per heavy atom. The lowest BCUT2D eigenvalue weighted by atomic mass is 10.0. The monoisotopic (exact) mass is 337 g/mol. The third-order valence-electron chi connectivity index (χ3n) is 3.39. The summed E-state index contributed by atoms with van der Waals surface area (Å²) in [6, 6.07) is 6.70. The number of hydrogen-bond donors (Lipinski definition) is 1. The number of hydrogen-bond acceptors (Lipinski definition) is 5. The number of nitrogens with zero attached hydrogens (tertiary/aromatic N) is 1. The molecule has 1 unspecified atom stereocenters. The highest BCUT2D eigenvalue weighted by Crippen LogP contribution is 2.40. The average molecular weight is 337 g/mol. The van der Waals surface area contributed by atoms with E-state index in [9.17, 15) is 27.6 Å². The van der Waals surface area contributed by atoms with Crippen LogP contribution >= 0.6 is 0 Å². The molecule has 2 aromatic carbocycles. The Morgan fingerprint density at radius 3 is 2.48 bits per heavy atom. The number of fused-ring (bicyclic) bond motifs is 1. The molecule has 2 aromatic rings. The first-order valence-electron chi connectivity index (χ1n) is 6.43. The van der Waals surface area contributed by atoms with Crippen LogP contribution in [-0.2, 0) is 9.84 Å². The molecule has 0 radical (unpaired) electrons. The fraction of sp³-hybridized carbons (Fsp3) is 0.133. The van der Waals surface area contributed by atoms with Gasteiger partial charge in [-0.2, -0.15) is 5.26 Å². The van der Waals surface area contributed by atoms with E-state index in [1.807, 2.05) is 0 Å². The van der Waals surface area contributed by atoms with Gasteiger partial charge in [-0.25, -0.2) is 17.2 Å². The summed E-state index contributed by atoms with van der Waals surface area (Å²) >= 11 is 0. The lowest BCUT2D eigenvalue weighted by Gasteiger charge is -2.11. The molecule has 23 heavy (non-hydrogen) atoms. The summed E-state index contributed by atoms with van der Waals surface area (Å²) in [7, 11) is -3.67. The second-order valence-corrected chi connectivity index (χ2v) is 6.97. The molecule has 0 aromatic heterocycles. The number of benzene rings is 2. The van der Waals surface area contributed by atoms with E-state index in [1.54, 1.807) is 6.07 Å². The quantitative estimate of drug-likeness (QED) is 0.909. The number of aliphatic hydroxyl groups excluding tert-OH is 1. The first-order chi connectivity index (χ1) is 10.8. The predicted octanol–water partition coefficient (Wildman–Crippen LogP) is 2.45. The Hall–Kier alpha value is -2.50. The third-order valence-corrected chi connectivity index (χ3v) is 5.17. The van der Waals surface area contributed by atoms with Crippen molar-refractivity contribution in [2.45, 2.75) is 11.0 Å². The van der Waals surface area contributed by atoms with E-state index in [0.717, 1.165) is 12.1 Å². The van der Waals surface area contributed by atoms with Crippen molar-refractivity contribution in [2.75, 3.05) is 5.75 Å². The predicted molar refractivity (Wildman–Crippen MR) is 74.6 cm³/mol. The van der Waals surface area contributed by atoms with E-state index in [2.05, 4.69) is 0 Å². The van der Waals surface area contributed by atoms with Crippen LogP contribution in [0.2, 0.25) is 0 Å². The van der Waals surface area contributed by atoms with Gasteiger partial charge in [0.15, 0.2) is 9.84 Å². The zero-order valence-electron chi connectivity index (χ0n) is 11.5. The molecule has 0 saturated carbocycles. The second-order valence-electron chi connectivity index (χ2n) is 4.97. The molecule has 3 rings (SSSR count). The smallest absolute Gasteiger partial charge is 0.181 e. The van der Waals surface area contributed by atoms with E-state index in [4.69, 9.17) is 4.74 Å². The van der Waals surface area contributed by atoms with Gasteiger partial charge in [0.1, 0.15) is 34.8 Å². The van der Waals surface area contributed by atoms with Gasteiger partial charge < -0.3 is 9.84 Å². The maximum Gasteiger partial charge on any atom is 0.181 e. The number of rotatable bonds is 2. The van der Waals surface area contributed by atoms with Crippen molar-refractivity contribution in [3.05, 3.63) is 53.1 Å². The Labute approximate surface area is 130 Å². The fourth-order valence-corrected chi connectivity index (χ4v) is 4.09. The van der Waals surface area contributed by atoms with Gasteiger partial charge in [0.05, 0.1) is 16.8 Å². The van der Waals surface area contributed by atoms with Crippen molar-refractivity contribution >= 4 is 9.84 Å². The summed E-state index contributed by atoms with van der Waals surface area (Å²) in [5.41, 5.74) is -0.234. The molecule has 118 valence electrons. The summed E-state index contributed by atoms with van der Waals surface area (Å²) in [5, 5.41) is 19.2. The molecule has 1 N–H and O–H groups in total. The first kappa shape index (κ1) is 15.4. The molecule has 0 bridgehead atoms. The zero-order chi connectivity index (χ0) is 16.8. The van der Waals surface area contributed by atoms with Crippen LogP contribution in [-0.4, -0.2) is 19.3 Å². The largest absolute Gasteiger partial charge is 0.456 e. The minimum atomic E-state index is -3.67. The molecule has 8 heteroatoms.